The van der Waals surface area contributed by atoms with Gasteiger partial charge in [0.2, 0.25) is 5.91 Å². The first-order valence-electron chi connectivity index (χ1n) is 6.40. The van der Waals surface area contributed by atoms with Crippen molar-refractivity contribution in [2.75, 3.05) is 0 Å². The van der Waals surface area contributed by atoms with E-state index >= 15 is 0 Å². The van der Waals surface area contributed by atoms with Crippen LogP contribution in [0.4, 0.5) is 0 Å². The van der Waals surface area contributed by atoms with E-state index in [1.807, 2.05) is 6.07 Å². The van der Waals surface area contributed by atoms with Crippen LogP contribution in [0.15, 0.2) is 24.3 Å². The summed E-state index contributed by atoms with van der Waals surface area (Å²) >= 11 is 0. The number of nitrogens with zero attached hydrogens (tertiary/aromatic N) is 1. The monoisotopic (exact) mass is 259 g/mol. The lowest BCUT2D eigenvalue weighted by Gasteiger charge is -2.27. The van der Waals surface area contributed by atoms with Gasteiger partial charge in [-0.1, -0.05) is 6.07 Å². The number of hydrazine groups is 1. The first-order chi connectivity index (χ1) is 9.22. The zero-order valence-corrected chi connectivity index (χ0v) is 10.6. The van der Waals surface area contributed by atoms with E-state index in [-0.39, 0.29) is 17.9 Å². The van der Waals surface area contributed by atoms with Gasteiger partial charge in [-0.2, -0.15) is 5.26 Å². The van der Waals surface area contributed by atoms with Crippen molar-refractivity contribution >= 4 is 5.91 Å². The Morgan fingerprint density at radius 2 is 2.11 bits per heavy atom. The smallest absolute Gasteiger partial charge is 0.236 e. The zero-order valence-electron chi connectivity index (χ0n) is 10.6. The fourth-order valence-corrected chi connectivity index (χ4v) is 2.39. The summed E-state index contributed by atoms with van der Waals surface area (Å²) in [6.07, 6.45) is 3.33. The van der Waals surface area contributed by atoms with Crippen molar-refractivity contribution < 1.29 is 9.53 Å². The van der Waals surface area contributed by atoms with E-state index in [1.54, 1.807) is 18.2 Å². The molecule has 1 aromatic carbocycles. The molecule has 0 radical (unpaired) electrons. The summed E-state index contributed by atoms with van der Waals surface area (Å²) in [6.45, 7) is 0. The summed E-state index contributed by atoms with van der Waals surface area (Å²) < 4.78 is 5.85. The van der Waals surface area contributed by atoms with Crippen molar-refractivity contribution in [3.63, 3.8) is 0 Å². The molecule has 0 heterocycles. The minimum Gasteiger partial charge on any atom is -0.490 e. The van der Waals surface area contributed by atoms with Gasteiger partial charge >= 0.3 is 0 Å². The molecule has 1 saturated carbocycles. The topological polar surface area (TPSA) is 88.1 Å². The molecule has 3 N–H and O–H groups in total. The predicted molar refractivity (Wildman–Crippen MR) is 69.9 cm³/mol. The van der Waals surface area contributed by atoms with Gasteiger partial charge in [-0.05, 0) is 43.9 Å². The van der Waals surface area contributed by atoms with Gasteiger partial charge in [-0.3, -0.25) is 10.2 Å². The molecule has 1 aliphatic rings. The number of ether oxygens (including phenoxy) is 1. The van der Waals surface area contributed by atoms with Crippen molar-refractivity contribution in [3.8, 4) is 11.8 Å². The Labute approximate surface area is 112 Å². The van der Waals surface area contributed by atoms with Crippen LogP contribution < -0.4 is 16.0 Å². The molecule has 0 aliphatic heterocycles. The van der Waals surface area contributed by atoms with Gasteiger partial charge in [0.1, 0.15) is 5.75 Å². The highest BCUT2D eigenvalue weighted by Crippen LogP contribution is 2.27. The third kappa shape index (κ3) is 3.46. The highest BCUT2D eigenvalue weighted by molar-refractivity contribution is 5.78. The van der Waals surface area contributed by atoms with Crippen LogP contribution in [-0.4, -0.2) is 12.0 Å². The number of nitrogens with two attached hydrogens (primary N) is 1. The largest absolute Gasteiger partial charge is 0.490 e. The average Bonchev–Trinajstić information content (AvgIpc) is 2.47. The summed E-state index contributed by atoms with van der Waals surface area (Å²) in [5.74, 6) is 5.75. The molecule has 5 heteroatoms. The van der Waals surface area contributed by atoms with E-state index in [0.717, 1.165) is 25.7 Å². The standard InChI is InChI=1S/C14H17N3O2/c15-9-10-2-1-3-13(8-10)19-12-6-4-11(5-7-12)14(18)17-16/h1-3,8,11-12H,4-7,16H2,(H,17,18)/t11-,12-. The van der Waals surface area contributed by atoms with Crippen LogP contribution in [0, 0.1) is 17.2 Å². The second-order valence-corrected chi connectivity index (χ2v) is 4.74. The second kappa shape index (κ2) is 6.21. The minimum atomic E-state index is -0.0927. The van der Waals surface area contributed by atoms with E-state index in [9.17, 15) is 4.79 Å². The number of nitrogens with one attached hydrogen (secondary N) is 1. The lowest BCUT2D eigenvalue weighted by Crippen LogP contribution is -2.38. The first-order valence-corrected chi connectivity index (χ1v) is 6.40. The summed E-state index contributed by atoms with van der Waals surface area (Å²) in [5, 5.41) is 8.83. The molecule has 0 bridgehead atoms. The molecule has 1 aromatic rings. The molecule has 0 atom stereocenters. The number of nitriles is 1. The molecule has 1 amide bonds. The van der Waals surface area contributed by atoms with Gasteiger partial charge in [-0.25, -0.2) is 5.84 Å². The van der Waals surface area contributed by atoms with E-state index in [0.29, 0.717) is 11.3 Å². The van der Waals surface area contributed by atoms with Crippen LogP contribution in [0.3, 0.4) is 0 Å². The average molecular weight is 259 g/mol. The maximum Gasteiger partial charge on any atom is 0.236 e. The Balaban J connectivity index is 1.89. The Morgan fingerprint density at radius 3 is 2.74 bits per heavy atom. The zero-order chi connectivity index (χ0) is 13.7. The van der Waals surface area contributed by atoms with Crippen LogP contribution in [0.25, 0.3) is 0 Å². The van der Waals surface area contributed by atoms with Crippen LogP contribution in [0.1, 0.15) is 31.2 Å². The van der Waals surface area contributed by atoms with Crippen molar-refractivity contribution in [3.05, 3.63) is 29.8 Å². The maximum atomic E-state index is 11.4. The van der Waals surface area contributed by atoms with E-state index in [2.05, 4.69) is 11.5 Å². The SMILES string of the molecule is N#Cc1cccc(O[C@H]2CC[C@H](C(=O)NN)CC2)c1. The van der Waals surface area contributed by atoms with Gasteiger partial charge in [0.25, 0.3) is 0 Å². The maximum absolute atomic E-state index is 11.4. The molecular weight excluding hydrogens is 242 g/mol. The summed E-state index contributed by atoms with van der Waals surface area (Å²) in [6, 6.07) is 9.22. The number of hydrogen-bond acceptors (Lipinski definition) is 4. The normalized spacial score (nSPS) is 22.3. The fraction of sp³-hybridized carbons (Fsp3) is 0.429. The number of rotatable bonds is 3. The predicted octanol–water partition coefficient (Wildman–Crippen LogP) is 1.49. The lowest BCUT2D eigenvalue weighted by molar-refractivity contribution is -0.126. The van der Waals surface area contributed by atoms with Gasteiger partial charge in [0.05, 0.1) is 17.7 Å². The molecule has 1 fully saturated rings. The van der Waals surface area contributed by atoms with Crippen LogP contribution >= 0.6 is 0 Å². The third-order valence-corrected chi connectivity index (χ3v) is 3.45. The van der Waals surface area contributed by atoms with Gasteiger partial charge in [0.15, 0.2) is 0 Å². The highest BCUT2D eigenvalue weighted by atomic mass is 16.5. The fourth-order valence-electron chi connectivity index (χ4n) is 2.39. The third-order valence-electron chi connectivity index (χ3n) is 3.45. The molecule has 1 aliphatic carbocycles. The molecule has 19 heavy (non-hydrogen) atoms. The molecule has 2 rings (SSSR count). The number of hydrogen-bond donors (Lipinski definition) is 2. The van der Waals surface area contributed by atoms with Crippen molar-refractivity contribution in [1.29, 1.82) is 5.26 Å². The molecule has 0 spiro atoms. The number of carbonyl (C=O) groups excluding carboxylic acids is 1. The van der Waals surface area contributed by atoms with Crippen molar-refractivity contribution in [1.82, 2.24) is 5.43 Å². The summed E-state index contributed by atoms with van der Waals surface area (Å²) in [4.78, 5) is 11.4. The molecule has 5 nitrogen and oxygen atoms in total. The summed E-state index contributed by atoms with van der Waals surface area (Å²) in [5.41, 5.74) is 2.79. The number of carbonyl (C=O) groups is 1. The van der Waals surface area contributed by atoms with Crippen LogP contribution in [0.2, 0.25) is 0 Å². The summed E-state index contributed by atoms with van der Waals surface area (Å²) in [7, 11) is 0. The van der Waals surface area contributed by atoms with Gasteiger partial charge in [-0.15, -0.1) is 0 Å². The van der Waals surface area contributed by atoms with Gasteiger partial charge < -0.3 is 4.74 Å². The second-order valence-electron chi connectivity index (χ2n) is 4.74. The first kappa shape index (κ1) is 13.4. The number of amides is 1. The molecule has 0 unspecified atom stereocenters. The Bertz CT molecular complexity index is 488. The highest BCUT2D eigenvalue weighted by Gasteiger charge is 2.26. The lowest BCUT2D eigenvalue weighted by atomic mass is 9.87. The Hall–Kier alpha value is -2.06. The van der Waals surface area contributed by atoms with Crippen LogP contribution in [0.5, 0.6) is 5.75 Å². The van der Waals surface area contributed by atoms with Crippen molar-refractivity contribution in [2.24, 2.45) is 11.8 Å². The molecule has 0 aromatic heterocycles. The molecule has 0 saturated heterocycles. The minimum absolute atomic E-state index is 0.00436. The van der Waals surface area contributed by atoms with E-state index in [4.69, 9.17) is 15.8 Å². The number of benzene rings is 1. The van der Waals surface area contributed by atoms with Gasteiger partial charge in [0, 0.05) is 5.92 Å². The van der Waals surface area contributed by atoms with Crippen molar-refractivity contribution in [2.45, 2.75) is 31.8 Å². The van der Waals surface area contributed by atoms with E-state index in [1.165, 1.54) is 0 Å². The quantitative estimate of drug-likeness (QED) is 0.489. The Kier molecular flexibility index (Phi) is 4.37. The van der Waals surface area contributed by atoms with E-state index < -0.39 is 0 Å². The van der Waals surface area contributed by atoms with Crippen LogP contribution in [-0.2, 0) is 4.79 Å². The molecular formula is C14H17N3O2. The Morgan fingerprint density at radius 1 is 1.37 bits per heavy atom. The molecule has 100 valence electrons.